The Morgan fingerprint density at radius 3 is 2.75 bits per heavy atom. The first-order chi connectivity index (χ1) is 9.48. The number of rotatable bonds is 7. The summed E-state index contributed by atoms with van der Waals surface area (Å²) < 4.78 is 31.2. The van der Waals surface area contributed by atoms with Crippen molar-refractivity contribution in [1.29, 1.82) is 0 Å². The minimum Gasteiger partial charge on any atom is -0.466 e. The van der Waals surface area contributed by atoms with Crippen LogP contribution < -0.4 is 4.72 Å². The Kier molecular flexibility index (Phi) is 4.64. The zero-order chi connectivity index (χ0) is 14.6. The summed E-state index contributed by atoms with van der Waals surface area (Å²) in [5.74, 6) is 0.352. The monoisotopic (exact) mass is 315 g/mol. The number of sulfonamides is 1. The van der Waals surface area contributed by atoms with E-state index in [9.17, 15) is 13.5 Å². The van der Waals surface area contributed by atoms with Gasteiger partial charge in [-0.15, -0.1) is 11.3 Å². The van der Waals surface area contributed by atoms with E-state index in [4.69, 9.17) is 4.42 Å². The molecule has 2 rings (SSSR count). The lowest BCUT2D eigenvalue weighted by Crippen LogP contribution is -2.41. The normalized spacial score (nSPS) is 15.1. The van der Waals surface area contributed by atoms with Crippen molar-refractivity contribution in [3.05, 3.63) is 46.5 Å². The molecule has 5 nitrogen and oxygen atoms in total. The Morgan fingerprint density at radius 2 is 2.20 bits per heavy atom. The zero-order valence-corrected chi connectivity index (χ0v) is 12.7. The first kappa shape index (κ1) is 15.2. The van der Waals surface area contributed by atoms with Crippen molar-refractivity contribution in [3.63, 3.8) is 0 Å². The van der Waals surface area contributed by atoms with E-state index >= 15 is 0 Å². The molecule has 2 N–H and O–H groups in total. The van der Waals surface area contributed by atoms with E-state index in [-0.39, 0.29) is 12.3 Å². The van der Waals surface area contributed by atoms with Crippen LogP contribution in [-0.4, -0.2) is 25.8 Å². The fraction of sp³-hybridized carbons (Fsp3) is 0.385. The second-order valence-corrected chi connectivity index (χ2v) is 7.33. The number of thiophene rings is 1. The molecular formula is C13H17NO4S2. The summed E-state index contributed by atoms with van der Waals surface area (Å²) in [7, 11) is -3.39. The molecule has 0 amide bonds. The maximum Gasteiger partial charge on any atom is 0.211 e. The van der Waals surface area contributed by atoms with Crippen LogP contribution in [0.5, 0.6) is 0 Å². The minimum absolute atomic E-state index is 0.0334. The van der Waals surface area contributed by atoms with E-state index in [0.29, 0.717) is 17.1 Å². The molecule has 0 aliphatic heterocycles. The van der Waals surface area contributed by atoms with Crippen molar-refractivity contribution in [2.24, 2.45) is 0 Å². The van der Waals surface area contributed by atoms with Crippen molar-refractivity contribution < 1.29 is 17.9 Å². The highest BCUT2D eigenvalue weighted by atomic mass is 32.2. The predicted molar refractivity (Wildman–Crippen MR) is 78.1 cm³/mol. The molecule has 0 saturated carbocycles. The molecule has 20 heavy (non-hydrogen) atoms. The summed E-state index contributed by atoms with van der Waals surface area (Å²) in [6.45, 7) is 1.64. The van der Waals surface area contributed by atoms with Gasteiger partial charge >= 0.3 is 0 Å². The third-order valence-corrected chi connectivity index (χ3v) is 5.43. The SMILES string of the molecule is CCCS(=O)(=O)NCC(O)(c1ccco1)c1cccs1. The average Bonchev–Trinajstić information content (AvgIpc) is 3.08. The molecule has 0 fully saturated rings. The van der Waals surface area contributed by atoms with Gasteiger partial charge in [0.25, 0.3) is 0 Å². The summed E-state index contributed by atoms with van der Waals surface area (Å²) >= 11 is 1.35. The first-order valence-corrected chi connectivity index (χ1v) is 8.79. The molecule has 2 aromatic rings. The van der Waals surface area contributed by atoms with Gasteiger partial charge in [-0.05, 0) is 30.0 Å². The third kappa shape index (κ3) is 3.29. The van der Waals surface area contributed by atoms with Gasteiger partial charge in [-0.3, -0.25) is 0 Å². The van der Waals surface area contributed by atoms with E-state index < -0.39 is 15.6 Å². The van der Waals surface area contributed by atoms with Gasteiger partial charge in [0, 0.05) is 4.88 Å². The third-order valence-electron chi connectivity index (χ3n) is 2.88. The summed E-state index contributed by atoms with van der Waals surface area (Å²) in [6.07, 6.45) is 1.97. The molecule has 0 saturated heterocycles. The summed E-state index contributed by atoms with van der Waals surface area (Å²) in [4.78, 5) is 0.631. The van der Waals surface area contributed by atoms with Gasteiger partial charge in [0.2, 0.25) is 10.0 Å². The highest BCUT2D eigenvalue weighted by molar-refractivity contribution is 7.89. The number of hydrogen-bond acceptors (Lipinski definition) is 5. The largest absolute Gasteiger partial charge is 0.466 e. The maximum absolute atomic E-state index is 11.8. The number of nitrogens with one attached hydrogen (secondary N) is 1. The van der Waals surface area contributed by atoms with Crippen molar-refractivity contribution in [2.45, 2.75) is 18.9 Å². The van der Waals surface area contributed by atoms with Crippen LogP contribution in [0.1, 0.15) is 24.0 Å². The molecule has 0 spiro atoms. The smallest absolute Gasteiger partial charge is 0.211 e. The van der Waals surface area contributed by atoms with E-state index in [1.54, 1.807) is 31.2 Å². The number of aliphatic hydroxyl groups is 1. The Morgan fingerprint density at radius 1 is 1.40 bits per heavy atom. The zero-order valence-electron chi connectivity index (χ0n) is 11.1. The average molecular weight is 315 g/mol. The maximum atomic E-state index is 11.8. The number of hydrogen-bond donors (Lipinski definition) is 2. The molecule has 0 aliphatic rings. The standard InChI is InChI=1S/C13H17NO4S2/c1-2-9-20(16,17)14-10-13(15,11-5-3-7-18-11)12-6-4-8-19-12/h3-8,14-15H,2,9-10H2,1H3. The lowest BCUT2D eigenvalue weighted by Gasteiger charge is -2.25. The van der Waals surface area contributed by atoms with Crippen LogP contribution in [0, 0.1) is 0 Å². The highest BCUT2D eigenvalue weighted by Crippen LogP contribution is 2.32. The van der Waals surface area contributed by atoms with Crippen molar-refractivity contribution in [2.75, 3.05) is 12.3 Å². The minimum atomic E-state index is -3.39. The second-order valence-electron chi connectivity index (χ2n) is 4.45. The lowest BCUT2D eigenvalue weighted by molar-refractivity contribution is 0.0655. The molecule has 0 aliphatic carbocycles. The topological polar surface area (TPSA) is 79.5 Å². The van der Waals surface area contributed by atoms with Gasteiger partial charge in [0.05, 0.1) is 18.6 Å². The van der Waals surface area contributed by atoms with Crippen molar-refractivity contribution in [3.8, 4) is 0 Å². The van der Waals surface area contributed by atoms with Gasteiger partial charge < -0.3 is 9.52 Å². The Hall–Kier alpha value is -1.15. The molecule has 110 valence electrons. The Bertz CT molecular complexity index is 583. The molecule has 7 heteroatoms. The van der Waals surface area contributed by atoms with E-state index in [1.165, 1.54) is 17.6 Å². The summed E-state index contributed by atoms with van der Waals surface area (Å²) in [5.41, 5.74) is -1.49. The molecule has 2 aromatic heterocycles. The number of furan rings is 1. The fourth-order valence-corrected chi connectivity index (χ4v) is 3.82. The van der Waals surface area contributed by atoms with Crippen molar-refractivity contribution in [1.82, 2.24) is 4.72 Å². The van der Waals surface area contributed by atoms with Crippen LogP contribution in [0.3, 0.4) is 0 Å². The van der Waals surface area contributed by atoms with Gasteiger partial charge in [-0.2, -0.15) is 0 Å². The van der Waals surface area contributed by atoms with E-state index in [0.717, 1.165) is 0 Å². The van der Waals surface area contributed by atoms with E-state index in [1.807, 2.05) is 5.38 Å². The molecule has 1 unspecified atom stereocenters. The molecule has 0 bridgehead atoms. The Balaban J connectivity index is 2.26. The lowest BCUT2D eigenvalue weighted by atomic mass is 9.99. The molecule has 1 atom stereocenters. The van der Waals surface area contributed by atoms with Gasteiger partial charge in [0.1, 0.15) is 5.76 Å². The summed E-state index contributed by atoms with van der Waals surface area (Å²) in [6, 6.07) is 6.85. The van der Waals surface area contributed by atoms with Crippen LogP contribution in [0.25, 0.3) is 0 Å². The summed E-state index contributed by atoms with van der Waals surface area (Å²) in [5, 5.41) is 12.7. The van der Waals surface area contributed by atoms with Crippen LogP contribution >= 0.6 is 11.3 Å². The fourth-order valence-electron chi connectivity index (χ4n) is 1.88. The van der Waals surface area contributed by atoms with Crippen LogP contribution in [0.4, 0.5) is 0 Å². The van der Waals surface area contributed by atoms with Crippen molar-refractivity contribution >= 4 is 21.4 Å². The van der Waals surface area contributed by atoms with Crippen LogP contribution in [0.15, 0.2) is 40.3 Å². The molecule has 2 heterocycles. The quantitative estimate of drug-likeness (QED) is 0.818. The van der Waals surface area contributed by atoms with Gasteiger partial charge in [-0.1, -0.05) is 13.0 Å². The molecule has 0 radical (unpaired) electrons. The predicted octanol–water partition coefficient (Wildman–Crippen LogP) is 1.91. The van der Waals surface area contributed by atoms with Crippen LogP contribution in [-0.2, 0) is 15.6 Å². The van der Waals surface area contributed by atoms with Gasteiger partial charge in [0.15, 0.2) is 5.60 Å². The molecule has 0 aromatic carbocycles. The highest BCUT2D eigenvalue weighted by Gasteiger charge is 2.36. The second kappa shape index (κ2) is 6.09. The van der Waals surface area contributed by atoms with E-state index in [2.05, 4.69) is 4.72 Å². The Labute approximate surface area is 122 Å². The first-order valence-electron chi connectivity index (χ1n) is 6.25. The molecular weight excluding hydrogens is 298 g/mol. The van der Waals surface area contributed by atoms with Crippen LogP contribution in [0.2, 0.25) is 0 Å². The van der Waals surface area contributed by atoms with Gasteiger partial charge in [-0.25, -0.2) is 13.1 Å².